The Morgan fingerprint density at radius 2 is 2.33 bits per heavy atom. The van der Waals surface area contributed by atoms with Gasteiger partial charge < -0.3 is 4.84 Å². The second-order valence-electron chi connectivity index (χ2n) is 3.21. The predicted molar refractivity (Wildman–Crippen MR) is 66.9 cm³/mol. The molecule has 0 saturated carbocycles. The summed E-state index contributed by atoms with van der Waals surface area (Å²) in [6, 6.07) is 1.71. The molecule has 18 heavy (non-hydrogen) atoms. The molecule has 0 bridgehead atoms. The maximum Gasteiger partial charge on any atom is 0.266 e. The highest BCUT2D eigenvalue weighted by molar-refractivity contribution is 7.99. The van der Waals surface area contributed by atoms with Crippen molar-refractivity contribution in [2.75, 3.05) is 12.9 Å². The van der Waals surface area contributed by atoms with Gasteiger partial charge in [0.2, 0.25) is 0 Å². The summed E-state index contributed by atoms with van der Waals surface area (Å²) in [5, 5.41) is 4.30. The van der Waals surface area contributed by atoms with Crippen LogP contribution >= 0.6 is 11.8 Å². The molecule has 0 spiro atoms. The van der Waals surface area contributed by atoms with Crippen molar-refractivity contribution in [1.29, 1.82) is 0 Å². The van der Waals surface area contributed by atoms with Crippen LogP contribution in [0.3, 0.4) is 0 Å². The Hall–Kier alpha value is -1.50. The standard InChI is InChI=1S/C11H13F2N3OS/c1-8(16-17-2)9-5-6-14-11(15-9)18-7-3-4-10(12)13/h4-6H,3,7H2,1-2H3. The summed E-state index contributed by atoms with van der Waals surface area (Å²) in [7, 11) is 1.46. The molecule has 0 aliphatic carbocycles. The van der Waals surface area contributed by atoms with E-state index in [2.05, 4.69) is 20.0 Å². The van der Waals surface area contributed by atoms with Gasteiger partial charge in [0.15, 0.2) is 5.16 Å². The number of hydrogen-bond donors (Lipinski definition) is 0. The number of oxime groups is 1. The van der Waals surface area contributed by atoms with Gasteiger partial charge in [0.25, 0.3) is 6.08 Å². The Labute approximate surface area is 108 Å². The Morgan fingerprint density at radius 1 is 1.56 bits per heavy atom. The molecule has 0 aliphatic rings. The molecule has 98 valence electrons. The highest BCUT2D eigenvalue weighted by atomic mass is 32.2. The molecule has 7 heteroatoms. The number of aromatic nitrogens is 2. The molecular weight excluding hydrogens is 260 g/mol. The molecule has 1 heterocycles. The summed E-state index contributed by atoms with van der Waals surface area (Å²) < 4.78 is 23.6. The average molecular weight is 273 g/mol. The summed E-state index contributed by atoms with van der Waals surface area (Å²) in [5.41, 5.74) is 1.29. The van der Waals surface area contributed by atoms with Crippen molar-refractivity contribution in [3.8, 4) is 0 Å². The van der Waals surface area contributed by atoms with Crippen LogP contribution in [0.25, 0.3) is 0 Å². The minimum atomic E-state index is -1.66. The number of thioether (sulfide) groups is 1. The molecule has 0 radical (unpaired) electrons. The molecule has 4 nitrogen and oxygen atoms in total. The van der Waals surface area contributed by atoms with E-state index in [4.69, 9.17) is 0 Å². The fourth-order valence-corrected chi connectivity index (χ4v) is 1.83. The van der Waals surface area contributed by atoms with Gasteiger partial charge in [0.1, 0.15) is 12.8 Å². The van der Waals surface area contributed by atoms with Gasteiger partial charge in [0, 0.05) is 11.9 Å². The predicted octanol–water partition coefficient (Wildman–Crippen LogP) is 3.11. The van der Waals surface area contributed by atoms with Crippen LogP contribution in [0.2, 0.25) is 0 Å². The number of allylic oxidation sites excluding steroid dienone is 1. The third kappa shape index (κ3) is 5.22. The fourth-order valence-electron chi connectivity index (χ4n) is 1.11. The van der Waals surface area contributed by atoms with Crippen LogP contribution in [-0.4, -0.2) is 28.5 Å². The van der Waals surface area contributed by atoms with Crippen molar-refractivity contribution in [2.24, 2.45) is 5.16 Å². The van der Waals surface area contributed by atoms with Crippen LogP contribution in [0.5, 0.6) is 0 Å². The Bertz CT molecular complexity index is 448. The SMILES string of the molecule is CON=C(C)c1ccnc(SCCC=C(F)F)n1. The van der Waals surface area contributed by atoms with Crippen molar-refractivity contribution < 1.29 is 13.6 Å². The van der Waals surface area contributed by atoms with Crippen LogP contribution in [0.15, 0.2) is 34.7 Å². The quantitative estimate of drug-likeness (QED) is 0.263. The molecule has 0 unspecified atom stereocenters. The van der Waals surface area contributed by atoms with Gasteiger partial charge in [0.05, 0.1) is 5.69 Å². The van der Waals surface area contributed by atoms with Gasteiger partial charge in [-0.25, -0.2) is 9.97 Å². The summed E-state index contributed by atoms with van der Waals surface area (Å²) in [6.07, 6.45) is 1.11. The number of halogens is 2. The van der Waals surface area contributed by atoms with Crippen LogP contribution in [-0.2, 0) is 4.84 Å². The van der Waals surface area contributed by atoms with Gasteiger partial charge in [-0.1, -0.05) is 16.9 Å². The zero-order valence-electron chi connectivity index (χ0n) is 10.1. The number of rotatable bonds is 6. The summed E-state index contributed by atoms with van der Waals surface area (Å²) >= 11 is 1.32. The van der Waals surface area contributed by atoms with Crippen molar-refractivity contribution >= 4 is 17.5 Å². The van der Waals surface area contributed by atoms with E-state index in [-0.39, 0.29) is 6.42 Å². The minimum Gasteiger partial charge on any atom is -0.399 e. The van der Waals surface area contributed by atoms with Gasteiger partial charge in [-0.05, 0) is 25.5 Å². The second-order valence-corrected chi connectivity index (χ2v) is 4.28. The summed E-state index contributed by atoms with van der Waals surface area (Å²) in [6.45, 7) is 1.77. The molecule has 0 aliphatic heterocycles. The van der Waals surface area contributed by atoms with E-state index >= 15 is 0 Å². The van der Waals surface area contributed by atoms with Crippen LogP contribution in [0.1, 0.15) is 19.0 Å². The van der Waals surface area contributed by atoms with E-state index in [1.165, 1.54) is 18.9 Å². The van der Waals surface area contributed by atoms with Crippen molar-refractivity contribution in [3.05, 3.63) is 30.1 Å². The molecule has 0 amide bonds. The summed E-state index contributed by atoms with van der Waals surface area (Å²) in [5.74, 6) is 0.501. The van der Waals surface area contributed by atoms with Crippen molar-refractivity contribution in [3.63, 3.8) is 0 Å². The van der Waals surface area contributed by atoms with Crippen LogP contribution in [0.4, 0.5) is 8.78 Å². The molecular formula is C11H13F2N3OS. The lowest BCUT2D eigenvalue weighted by molar-refractivity contribution is 0.213. The van der Waals surface area contributed by atoms with E-state index in [1.54, 1.807) is 19.2 Å². The van der Waals surface area contributed by atoms with Crippen molar-refractivity contribution in [1.82, 2.24) is 9.97 Å². The van der Waals surface area contributed by atoms with Gasteiger partial charge in [-0.2, -0.15) is 8.78 Å². The monoisotopic (exact) mass is 273 g/mol. The van der Waals surface area contributed by atoms with E-state index < -0.39 is 6.08 Å². The first-order valence-electron chi connectivity index (χ1n) is 5.18. The molecule has 0 saturated heterocycles. The second kappa shape index (κ2) is 7.75. The van der Waals surface area contributed by atoms with E-state index in [0.29, 0.717) is 22.3 Å². The topological polar surface area (TPSA) is 47.4 Å². The van der Waals surface area contributed by atoms with Gasteiger partial charge in [-0.3, -0.25) is 0 Å². The van der Waals surface area contributed by atoms with Crippen LogP contribution in [0, 0.1) is 0 Å². The summed E-state index contributed by atoms with van der Waals surface area (Å²) in [4.78, 5) is 12.9. The molecule has 0 aromatic carbocycles. The Kier molecular flexibility index (Phi) is 6.27. The zero-order valence-corrected chi connectivity index (χ0v) is 10.9. The first-order chi connectivity index (χ1) is 8.63. The van der Waals surface area contributed by atoms with E-state index in [1.807, 2.05) is 0 Å². The highest BCUT2D eigenvalue weighted by Crippen LogP contribution is 2.15. The molecule has 1 aromatic rings. The average Bonchev–Trinajstić information content (AvgIpc) is 2.35. The molecule has 0 atom stereocenters. The normalized spacial score (nSPS) is 11.2. The smallest absolute Gasteiger partial charge is 0.266 e. The molecule has 0 N–H and O–H groups in total. The van der Waals surface area contributed by atoms with Gasteiger partial charge >= 0.3 is 0 Å². The molecule has 1 aromatic heterocycles. The van der Waals surface area contributed by atoms with E-state index in [9.17, 15) is 8.78 Å². The lowest BCUT2D eigenvalue weighted by Crippen LogP contribution is -2.01. The third-order valence-electron chi connectivity index (χ3n) is 1.88. The largest absolute Gasteiger partial charge is 0.399 e. The highest BCUT2D eigenvalue weighted by Gasteiger charge is 2.03. The Balaban J connectivity index is 2.60. The molecule has 0 fully saturated rings. The fraction of sp³-hybridized carbons (Fsp3) is 0.364. The van der Waals surface area contributed by atoms with Crippen molar-refractivity contribution in [2.45, 2.75) is 18.5 Å². The first-order valence-corrected chi connectivity index (χ1v) is 6.17. The molecule has 1 rings (SSSR count). The van der Waals surface area contributed by atoms with Crippen LogP contribution < -0.4 is 0 Å². The lowest BCUT2D eigenvalue weighted by Gasteiger charge is -2.01. The van der Waals surface area contributed by atoms with Gasteiger partial charge in [-0.15, -0.1) is 0 Å². The lowest BCUT2D eigenvalue weighted by atomic mass is 10.3. The maximum absolute atomic E-state index is 11.8. The maximum atomic E-state index is 11.8. The minimum absolute atomic E-state index is 0.283. The van der Waals surface area contributed by atoms with E-state index in [0.717, 1.165) is 6.08 Å². The number of hydrogen-bond acceptors (Lipinski definition) is 5. The zero-order chi connectivity index (χ0) is 13.4. The third-order valence-corrected chi connectivity index (χ3v) is 2.77. The Morgan fingerprint density at radius 3 is 3.00 bits per heavy atom. The number of nitrogens with zero attached hydrogens (tertiary/aromatic N) is 3. The first kappa shape index (κ1) is 14.6.